The summed E-state index contributed by atoms with van der Waals surface area (Å²) < 4.78 is 0. The van der Waals surface area contributed by atoms with Crippen LogP contribution in [0.4, 0.5) is 0 Å². The average Bonchev–Trinajstić information content (AvgIpc) is 1.54. The molecule has 0 atom stereocenters. The van der Waals surface area contributed by atoms with Crippen LogP contribution in [-0.2, 0) is 37.9 Å². The van der Waals surface area contributed by atoms with Gasteiger partial charge in [-0.05, 0) is 254 Å². The van der Waals surface area contributed by atoms with Gasteiger partial charge in [-0.25, -0.2) is 0 Å². The van der Waals surface area contributed by atoms with Crippen LogP contribution in [0.25, 0.3) is 77.9 Å². The van der Waals surface area contributed by atoms with E-state index in [1.54, 1.807) is 0 Å². The van der Waals surface area contributed by atoms with Crippen LogP contribution in [0.15, 0.2) is 479 Å². The zero-order valence-electron chi connectivity index (χ0n) is 84.6. The van der Waals surface area contributed by atoms with Gasteiger partial charge in [-0.15, -0.1) is 0 Å². The Kier molecular flexibility index (Phi) is 24.3. The van der Waals surface area contributed by atoms with Gasteiger partial charge in [0.2, 0.25) is 0 Å². The van der Waals surface area contributed by atoms with Gasteiger partial charge in [0.1, 0.15) is 0 Å². The maximum absolute atomic E-state index is 2.37. The number of hydrogen-bond acceptors (Lipinski definition) is 0. The fourth-order valence-corrected chi connectivity index (χ4v) is 25.5. The van der Waals surface area contributed by atoms with Gasteiger partial charge in [0.05, 0.1) is 16.2 Å². The Balaban J connectivity index is 0.0000000992. The fraction of sp³-hybridized carbons (Fsp3) is 0.155. The minimum Gasteiger partial charge on any atom is -0.0622 e. The Morgan fingerprint density at radius 2 is 0.352 bits per heavy atom. The molecule has 0 heteroatoms. The highest BCUT2D eigenvalue weighted by Gasteiger charge is 2.50. The number of fused-ring (bicyclic) bond motifs is 21. The minimum absolute atomic E-state index is 0.150. The van der Waals surface area contributed by atoms with Crippen molar-refractivity contribution in [1.82, 2.24) is 0 Å². The Bertz CT molecular complexity index is 7980. The van der Waals surface area contributed by atoms with E-state index in [-0.39, 0.29) is 37.9 Å². The molecule has 20 aromatic carbocycles. The van der Waals surface area contributed by atoms with Gasteiger partial charge in [0, 0.05) is 21.7 Å². The van der Waals surface area contributed by atoms with Crippen molar-refractivity contribution in [3.8, 4) is 77.9 Å². The van der Waals surface area contributed by atoms with Crippen LogP contribution in [-0.4, -0.2) is 0 Å². The molecule has 20 aromatic rings. The molecule has 7 aliphatic rings. The first kappa shape index (κ1) is 92.7. The summed E-state index contributed by atoms with van der Waals surface area (Å²) in [5, 5.41) is 0. The van der Waals surface area contributed by atoms with E-state index < -0.39 is 0 Å². The Labute approximate surface area is 843 Å². The molecule has 142 heavy (non-hydrogen) atoms. The summed E-state index contributed by atoms with van der Waals surface area (Å²) >= 11 is 0. The van der Waals surface area contributed by atoms with E-state index in [1.165, 1.54) is 228 Å². The van der Waals surface area contributed by atoms with Crippen LogP contribution < -0.4 is 0 Å². The van der Waals surface area contributed by atoms with Crippen molar-refractivity contribution in [2.24, 2.45) is 0 Å². The monoisotopic (exact) mass is 1830 g/mol. The summed E-state index contributed by atoms with van der Waals surface area (Å²) in [5.74, 6) is 0. The SMILES string of the molecule is Cc1ccc2c(c1)-c1ccccc1C2(C)C.Cc1ccc2c(c1)-c1ccccc1C2(c1ccccc1)c1ccccc1.Cc1ccc2c(c1)C(C)(C)c1ccccc1-2.Cc1ccc2c(c1)C(c1ccccc1)(c1ccccc1)c1ccccc1-2.Cc1cccc2c1-c1ccccc1C2(C)C.Cc1cccc2c1C(C)(C)c1ccccc1-2.Cc1cccc2c1C(c1ccccc1)(c1ccccc1)c1ccccc1-2. The van der Waals surface area contributed by atoms with Crippen LogP contribution in [0.1, 0.15) is 206 Å². The van der Waals surface area contributed by atoms with Gasteiger partial charge in [0.15, 0.2) is 0 Å². The van der Waals surface area contributed by atoms with Crippen LogP contribution in [0, 0.1) is 48.5 Å². The van der Waals surface area contributed by atoms with Crippen LogP contribution in [0.2, 0.25) is 0 Å². The highest BCUT2D eigenvalue weighted by atomic mass is 14.5. The maximum Gasteiger partial charge on any atom is 0.0716 e. The van der Waals surface area contributed by atoms with Gasteiger partial charge >= 0.3 is 0 Å². The molecule has 0 aromatic heterocycles. The van der Waals surface area contributed by atoms with Gasteiger partial charge in [-0.2, -0.15) is 0 Å². The van der Waals surface area contributed by atoms with Crippen LogP contribution in [0.5, 0.6) is 0 Å². The lowest BCUT2D eigenvalue weighted by Crippen LogP contribution is -2.29. The van der Waals surface area contributed by atoms with Crippen molar-refractivity contribution in [3.63, 3.8) is 0 Å². The Hall–Kier alpha value is -15.6. The maximum atomic E-state index is 2.37. The molecular formula is C142H124. The summed E-state index contributed by atoms with van der Waals surface area (Å²) in [4.78, 5) is 0. The van der Waals surface area contributed by atoms with Crippen LogP contribution >= 0.6 is 0 Å². The van der Waals surface area contributed by atoms with Crippen LogP contribution in [0.3, 0.4) is 0 Å². The lowest BCUT2D eigenvalue weighted by atomic mass is 9.67. The zero-order chi connectivity index (χ0) is 98.0. The van der Waals surface area contributed by atoms with E-state index in [4.69, 9.17) is 0 Å². The molecule has 7 aliphatic carbocycles. The average molecular weight is 1830 g/mol. The van der Waals surface area contributed by atoms with Gasteiger partial charge in [0.25, 0.3) is 0 Å². The predicted molar refractivity (Wildman–Crippen MR) is 600 cm³/mol. The smallest absolute Gasteiger partial charge is 0.0622 e. The highest BCUT2D eigenvalue weighted by Crippen LogP contribution is 2.62. The molecule has 0 fully saturated rings. The third-order valence-electron chi connectivity index (χ3n) is 32.0. The minimum atomic E-state index is -0.264. The molecule has 0 N–H and O–H groups in total. The van der Waals surface area contributed by atoms with Gasteiger partial charge in [-0.3, -0.25) is 0 Å². The second-order valence-corrected chi connectivity index (χ2v) is 42.0. The first-order valence-electron chi connectivity index (χ1n) is 50.7. The summed E-state index contributed by atoms with van der Waals surface area (Å²) in [6.07, 6.45) is 0. The molecule has 0 amide bonds. The first-order valence-corrected chi connectivity index (χ1v) is 50.7. The molecule has 0 radical (unpaired) electrons. The Morgan fingerprint density at radius 3 is 0.796 bits per heavy atom. The van der Waals surface area contributed by atoms with E-state index in [9.17, 15) is 0 Å². The van der Waals surface area contributed by atoms with E-state index in [1.807, 2.05) is 0 Å². The van der Waals surface area contributed by atoms with Gasteiger partial charge < -0.3 is 0 Å². The molecule has 0 nitrogen and oxygen atoms in total. The van der Waals surface area contributed by atoms with E-state index in [0.717, 1.165) is 0 Å². The molecule has 0 saturated heterocycles. The molecular weight excluding hydrogens is 1710 g/mol. The second-order valence-electron chi connectivity index (χ2n) is 42.0. The standard InChI is InChI=1S/3C26H20.4C16H16/c1-19-11-10-17-23-22-16-8-9-18-24(22)26(25(19)23,20-12-4-2-5-13-20)21-14-6-3-7-15-21;1-19-16-17-25-23(18-19)22-14-8-9-15-24(22)26(25,20-10-4-2-5-11-20)21-12-6-3-7-13-21;1-19-16-17-23-22-14-8-9-15-24(22)26(25(23)18-19,20-10-4-2-5-11-20)21-12-6-3-7-13-21;1-11-7-6-9-13-12-8-4-5-10-14(12)16(2,3)15(11)13;1-11-7-6-10-14-15(11)12-8-4-5-9-13(12)16(14,2)3;1-11-8-9-15-13(10-11)12-6-4-5-7-14(12)16(15,2)3;1-11-8-9-13-12-6-4-5-7-14(12)16(2,3)15(13)10-11/h3*2-18H,1H3;4*4-10H,1-3H3. The summed E-state index contributed by atoms with van der Waals surface area (Å²) in [6.45, 7) is 33.9. The number of rotatable bonds is 6. The van der Waals surface area contributed by atoms with Crippen molar-refractivity contribution >= 4 is 0 Å². The molecule has 0 unspecified atom stereocenters. The molecule has 692 valence electrons. The lowest BCUT2D eigenvalue weighted by molar-refractivity contribution is 0.655. The molecule has 0 bridgehead atoms. The van der Waals surface area contributed by atoms with E-state index in [0.29, 0.717) is 0 Å². The van der Waals surface area contributed by atoms with Crippen molar-refractivity contribution in [1.29, 1.82) is 0 Å². The molecule has 27 rings (SSSR count). The van der Waals surface area contributed by atoms with E-state index >= 15 is 0 Å². The third kappa shape index (κ3) is 15.3. The van der Waals surface area contributed by atoms with Crippen molar-refractivity contribution in [2.75, 3.05) is 0 Å². The molecule has 0 saturated carbocycles. The van der Waals surface area contributed by atoms with Crippen molar-refractivity contribution in [3.05, 3.63) is 629 Å². The van der Waals surface area contributed by atoms with Crippen molar-refractivity contribution in [2.45, 2.75) is 142 Å². The molecule has 0 heterocycles. The summed E-state index contributed by atoms with van der Waals surface area (Å²) in [7, 11) is 0. The number of aryl methyl sites for hydroxylation is 7. The fourth-order valence-electron chi connectivity index (χ4n) is 25.5. The topological polar surface area (TPSA) is 0 Å². The molecule has 0 aliphatic heterocycles. The highest BCUT2D eigenvalue weighted by molar-refractivity contribution is 5.92. The van der Waals surface area contributed by atoms with Gasteiger partial charge in [-0.1, -0.05) is 557 Å². The largest absolute Gasteiger partial charge is 0.0716 e. The van der Waals surface area contributed by atoms with E-state index in [2.05, 4.69) is 583 Å². The second kappa shape index (κ2) is 37.2. The third-order valence-corrected chi connectivity index (χ3v) is 32.0. The predicted octanol–water partition coefficient (Wildman–Crippen LogP) is 36.3. The Morgan fingerprint density at radius 1 is 0.127 bits per heavy atom. The lowest BCUT2D eigenvalue weighted by Gasteiger charge is -2.34. The normalized spacial score (nSPS) is 14.7. The first-order chi connectivity index (χ1) is 68.9. The summed E-state index contributed by atoms with van der Waals surface area (Å²) in [6, 6.07) is 175. The number of hydrogen-bond donors (Lipinski definition) is 0. The number of benzene rings is 20. The molecule has 0 spiro atoms. The summed E-state index contributed by atoms with van der Waals surface area (Å²) in [5.41, 5.74) is 56.6. The zero-order valence-corrected chi connectivity index (χ0v) is 84.6. The van der Waals surface area contributed by atoms with Crippen molar-refractivity contribution < 1.29 is 0 Å². The quantitative estimate of drug-likeness (QED) is 0.156.